The third kappa shape index (κ3) is 4.64. The van der Waals surface area contributed by atoms with Gasteiger partial charge in [-0.05, 0) is 43.7 Å². The second-order valence-electron chi connectivity index (χ2n) is 5.57. The maximum Gasteiger partial charge on any atom is 0.191 e. The van der Waals surface area contributed by atoms with Gasteiger partial charge in [0.25, 0.3) is 0 Å². The zero-order valence-corrected chi connectivity index (χ0v) is 16.6. The molecular formula is C19H20BrN3OS. The number of aromatic nitrogens is 3. The molecule has 2 aromatic carbocycles. The van der Waals surface area contributed by atoms with E-state index in [0.29, 0.717) is 0 Å². The highest BCUT2D eigenvalue weighted by molar-refractivity contribution is 9.10. The van der Waals surface area contributed by atoms with E-state index in [4.69, 9.17) is 4.74 Å². The topological polar surface area (TPSA) is 39.9 Å². The fourth-order valence-corrected chi connectivity index (χ4v) is 3.72. The van der Waals surface area contributed by atoms with E-state index in [1.807, 2.05) is 37.3 Å². The van der Waals surface area contributed by atoms with Crippen molar-refractivity contribution < 1.29 is 4.74 Å². The molecule has 4 nitrogen and oxygen atoms in total. The number of para-hydroxylation sites is 1. The minimum Gasteiger partial charge on any atom is -0.483 e. The third-order valence-corrected chi connectivity index (χ3v) is 5.33. The first-order valence-corrected chi connectivity index (χ1v) is 9.97. The van der Waals surface area contributed by atoms with Gasteiger partial charge in [0, 0.05) is 16.8 Å². The van der Waals surface area contributed by atoms with Gasteiger partial charge in [0.2, 0.25) is 0 Å². The maximum atomic E-state index is 5.99. The first-order valence-electron chi connectivity index (χ1n) is 8.19. The molecular weight excluding hydrogens is 398 g/mol. The molecule has 6 heteroatoms. The standard InChI is InChI=1S/C19H20BrN3OS/c1-3-23-18(14(2)24-17-7-5-4-6-8-17)21-22-19(23)25-13-15-9-11-16(20)12-10-15/h4-12,14H,3,13H2,1-2H3/t14-/m1/s1. The van der Waals surface area contributed by atoms with Crippen LogP contribution >= 0.6 is 27.7 Å². The average Bonchev–Trinajstić information content (AvgIpc) is 3.05. The summed E-state index contributed by atoms with van der Waals surface area (Å²) in [5, 5.41) is 9.66. The number of halogens is 1. The second kappa shape index (κ2) is 8.54. The molecule has 0 aliphatic rings. The lowest BCUT2D eigenvalue weighted by molar-refractivity contribution is 0.210. The number of hydrogen-bond donors (Lipinski definition) is 0. The zero-order valence-electron chi connectivity index (χ0n) is 14.2. The predicted molar refractivity (Wildman–Crippen MR) is 105 cm³/mol. The molecule has 0 aliphatic carbocycles. The van der Waals surface area contributed by atoms with Crippen molar-refractivity contribution in [2.45, 2.75) is 37.4 Å². The van der Waals surface area contributed by atoms with E-state index in [-0.39, 0.29) is 6.10 Å². The van der Waals surface area contributed by atoms with Crippen molar-refractivity contribution in [3.63, 3.8) is 0 Å². The van der Waals surface area contributed by atoms with Crippen LogP contribution in [0.15, 0.2) is 64.2 Å². The van der Waals surface area contributed by atoms with Crippen molar-refractivity contribution in [3.05, 3.63) is 70.5 Å². The van der Waals surface area contributed by atoms with Crippen molar-refractivity contribution >= 4 is 27.7 Å². The van der Waals surface area contributed by atoms with E-state index in [1.165, 1.54) is 5.56 Å². The van der Waals surface area contributed by atoms with Gasteiger partial charge in [0.1, 0.15) is 5.75 Å². The van der Waals surface area contributed by atoms with Crippen molar-refractivity contribution in [2.24, 2.45) is 0 Å². The fourth-order valence-electron chi connectivity index (χ4n) is 2.49. The molecule has 3 rings (SSSR count). The van der Waals surface area contributed by atoms with E-state index >= 15 is 0 Å². The van der Waals surface area contributed by atoms with Gasteiger partial charge in [-0.2, -0.15) is 0 Å². The Kier molecular flexibility index (Phi) is 6.15. The summed E-state index contributed by atoms with van der Waals surface area (Å²) in [6.45, 7) is 4.92. The Morgan fingerprint density at radius 1 is 1.08 bits per heavy atom. The molecule has 0 fully saturated rings. The summed E-state index contributed by atoms with van der Waals surface area (Å²) < 4.78 is 9.21. The van der Waals surface area contributed by atoms with Gasteiger partial charge < -0.3 is 9.30 Å². The fraction of sp³-hybridized carbons (Fsp3) is 0.263. The van der Waals surface area contributed by atoms with Gasteiger partial charge in [-0.1, -0.05) is 58.0 Å². The van der Waals surface area contributed by atoms with Crippen LogP contribution < -0.4 is 4.74 Å². The molecule has 0 amide bonds. The molecule has 0 unspecified atom stereocenters. The van der Waals surface area contributed by atoms with Crippen molar-refractivity contribution in [3.8, 4) is 5.75 Å². The molecule has 1 aromatic heterocycles. The number of rotatable bonds is 7. The van der Waals surface area contributed by atoms with Crippen LogP contribution in [0.25, 0.3) is 0 Å². The third-order valence-electron chi connectivity index (χ3n) is 3.76. The van der Waals surface area contributed by atoms with Gasteiger partial charge in [0.15, 0.2) is 17.1 Å². The lowest BCUT2D eigenvalue weighted by atomic mass is 10.2. The normalized spacial score (nSPS) is 12.1. The van der Waals surface area contributed by atoms with Crippen LogP contribution in [0, 0.1) is 0 Å². The Balaban J connectivity index is 1.70. The van der Waals surface area contributed by atoms with Gasteiger partial charge in [0.05, 0.1) is 0 Å². The van der Waals surface area contributed by atoms with Gasteiger partial charge in [-0.3, -0.25) is 0 Å². The molecule has 130 valence electrons. The molecule has 0 radical (unpaired) electrons. The van der Waals surface area contributed by atoms with Crippen molar-refractivity contribution in [2.75, 3.05) is 0 Å². The Hall–Kier alpha value is -1.79. The minimum absolute atomic E-state index is 0.156. The van der Waals surface area contributed by atoms with Crippen molar-refractivity contribution in [1.82, 2.24) is 14.8 Å². The van der Waals surface area contributed by atoms with Crippen LogP contribution in [0.3, 0.4) is 0 Å². The van der Waals surface area contributed by atoms with Crippen LogP contribution in [0.1, 0.15) is 31.3 Å². The molecule has 1 heterocycles. The molecule has 0 spiro atoms. The van der Waals surface area contributed by atoms with E-state index in [0.717, 1.165) is 33.5 Å². The monoisotopic (exact) mass is 417 g/mol. The Bertz CT molecular complexity index is 805. The van der Waals surface area contributed by atoms with Crippen molar-refractivity contribution in [1.29, 1.82) is 0 Å². The SMILES string of the molecule is CCn1c(SCc2ccc(Br)cc2)nnc1[C@@H](C)Oc1ccccc1. The molecule has 0 saturated carbocycles. The Labute approximate surface area is 160 Å². The summed E-state index contributed by atoms with van der Waals surface area (Å²) in [4.78, 5) is 0. The maximum absolute atomic E-state index is 5.99. The molecule has 3 aromatic rings. The highest BCUT2D eigenvalue weighted by Gasteiger charge is 2.18. The predicted octanol–water partition coefficient (Wildman–Crippen LogP) is 5.49. The summed E-state index contributed by atoms with van der Waals surface area (Å²) in [6, 6.07) is 18.2. The number of ether oxygens (including phenoxy) is 1. The summed E-state index contributed by atoms with van der Waals surface area (Å²) in [5.41, 5.74) is 1.26. The van der Waals surface area contributed by atoms with Gasteiger partial charge in [-0.15, -0.1) is 10.2 Å². The van der Waals surface area contributed by atoms with Crippen LogP contribution in [0.4, 0.5) is 0 Å². The zero-order chi connectivity index (χ0) is 17.6. The summed E-state index contributed by atoms with van der Waals surface area (Å²) >= 11 is 5.16. The lowest BCUT2D eigenvalue weighted by Gasteiger charge is -2.15. The quantitative estimate of drug-likeness (QED) is 0.476. The largest absolute Gasteiger partial charge is 0.483 e. The first kappa shape index (κ1) is 18.0. The van der Waals surface area contributed by atoms with E-state index in [1.54, 1.807) is 11.8 Å². The summed E-state index contributed by atoms with van der Waals surface area (Å²) in [6.07, 6.45) is -0.156. The molecule has 25 heavy (non-hydrogen) atoms. The smallest absolute Gasteiger partial charge is 0.191 e. The summed E-state index contributed by atoms with van der Waals surface area (Å²) in [7, 11) is 0. The van der Waals surface area contributed by atoms with Crippen LogP contribution in [0.2, 0.25) is 0 Å². The van der Waals surface area contributed by atoms with E-state index in [9.17, 15) is 0 Å². The van der Waals surface area contributed by atoms with Crippen LogP contribution in [0.5, 0.6) is 5.75 Å². The highest BCUT2D eigenvalue weighted by atomic mass is 79.9. The molecule has 0 bridgehead atoms. The summed E-state index contributed by atoms with van der Waals surface area (Å²) in [5.74, 6) is 2.55. The van der Waals surface area contributed by atoms with E-state index < -0.39 is 0 Å². The number of benzene rings is 2. The first-order chi connectivity index (χ1) is 12.2. The van der Waals surface area contributed by atoms with Crippen LogP contribution in [-0.2, 0) is 12.3 Å². The number of thioether (sulfide) groups is 1. The Morgan fingerprint density at radius 3 is 2.48 bits per heavy atom. The minimum atomic E-state index is -0.156. The van der Waals surface area contributed by atoms with E-state index in [2.05, 4.69) is 61.9 Å². The molecule has 1 atom stereocenters. The number of hydrogen-bond acceptors (Lipinski definition) is 4. The molecule has 0 saturated heterocycles. The average molecular weight is 418 g/mol. The lowest BCUT2D eigenvalue weighted by Crippen LogP contribution is -2.11. The second-order valence-corrected chi connectivity index (χ2v) is 7.43. The van der Waals surface area contributed by atoms with Gasteiger partial charge in [-0.25, -0.2) is 0 Å². The molecule has 0 N–H and O–H groups in total. The van der Waals surface area contributed by atoms with Gasteiger partial charge >= 0.3 is 0 Å². The van der Waals surface area contributed by atoms with Crippen LogP contribution in [-0.4, -0.2) is 14.8 Å². The number of nitrogens with zero attached hydrogens (tertiary/aromatic N) is 3. The Morgan fingerprint density at radius 2 is 1.80 bits per heavy atom. The highest BCUT2D eigenvalue weighted by Crippen LogP contribution is 2.26. The molecule has 0 aliphatic heterocycles.